The minimum atomic E-state index is -0.267. The maximum absolute atomic E-state index is 13.1. The number of ether oxygens (including phenoxy) is 1. The van der Waals surface area contributed by atoms with Crippen molar-refractivity contribution in [2.45, 2.75) is 38.7 Å². The third-order valence-electron chi connectivity index (χ3n) is 6.67. The summed E-state index contributed by atoms with van der Waals surface area (Å²) < 4.78 is 5.78. The van der Waals surface area contributed by atoms with Crippen LogP contribution in [0.25, 0.3) is 10.8 Å². The molecule has 2 aliphatic rings. The molecule has 1 saturated carbocycles. The predicted octanol–water partition coefficient (Wildman–Crippen LogP) is 3.94. The highest BCUT2D eigenvalue weighted by Crippen LogP contribution is 2.29. The number of likely N-dealkylation sites (tertiary alicyclic amines) is 1. The van der Waals surface area contributed by atoms with Gasteiger partial charge in [-0.15, -0.1) is 0 Å². The SMILES string of the molecule is O=C(c1n[nH]c(=O)c2ccccc12)N1CCC(Cc2ccc(COCC3CC3)cc2)CC1. The van der Waals surface area contributed by atoms with E-state index in [0.717, 1.165) is 31.8 Å². The van der Waals surface area contributed by atoms with Gasteiger partial charge in [-0.2, -0.15) is 5.10 Å². The number of fused-ring (bicyclic) bond motifs is 1. The Morgan fingerprint density at radius 1 is 0.938 bits per heavy atom. The summed E-state index contributed by atoms with van der Waals surface area (Å²) in [5.74, 6) is 1.26. The van der Waals surface area contributed by atoms with Gasteiger partial charge in [0.05, 0.1) is 12.0 Å². The van der Waals surface area contributed by atoms with Gasteiger partial charge in [-0.25, -0.2) is 5.10 Å². The molecule has 0 spiro atoms. The van der Waals surface area contributed by atoms with Crippen molar-refractivity contribution in [2.24, 2.45) is 11.8 Å². The Balaban J connectivity index is 1.15. The van der Waals surface area contributed by atoms with Crippen LogP contribution < -0.4 is 5.56 Å². The quantitative estimate of drug-likeness (QED) is 0.615. The van der Waals surface area contributed by atoms with Crippen LogP contribution in [0.4, 0.5) is 0 Å². The van der Waals surface area contributed by atoms with E-state index in [2.05, 4.69) is 34.5 Å². The first-order valence-corrected chi connectivity index (χ1v) is 11.6. The van der Waals surface area contributed by atoms with Crippen LogP contribution in [0.15, 0.2) is 53.3 Å². The molecule has 1 N–H and O–H groups in total. The van der Waals surface area contributed by atoms with Crippen molar-refractivity contribution in [3.05, 3.63) is 75.7 Å². The molecular formula is C26H29N3O3. The van der Waals surface area contributed by atoms with Gasteiger partial charge < -0.3 is 9.64 Å². The van der Waals surface area contributed by atoms with E-state index in [1.165, 1.54) is 24.0 Å². The molecule has 0 bridgehead atoms. The van der Waals surface area contributed by atoms with Crippen molar-refractivity contribution < 1.29 is 9.53 Å². The summed E-state index contributed by atoms with van der Waals surface area (Å²) in [4.78, 5) is 27.0. The molecule has 0 unspecified atom stereocenters. The van der Waals surface area contributed by atoms with Crippen molar-refractivity contribution >= 4 is 16.7 Å². The zero-order valence-electron chi connectivity index (χ0n) is 18.3. The molecule has 166 valence electrons. The van der Waals surface area contributed by atoms with Gasteiger partial charge in [0.25, 0.3) is 11.5 Å². The number of benzene rings is 2. The average molecular weight is 432 g/mol. The first-order valence-electron chi connectivity index (χ1n) is 11.6. The fraction of sp³-hybridized carbons (Fsp3) is 0.423. The summed E-state index contributed by atoms with van der Waals surface area (Å²) in [6, 6.07) is 15.9. The standard InChI is InChI=1S/C26H29N3O3/c30-25-23-4-2-1-3-22(23)24(27-28-25)26(31)29-13-11-19(12-14-29)15-18-5-7-20(8-6-18)16-32-17-21-9-10-21/h1-8,19,21H,9-17H2,(H,28,30). The molecule has 5 rings (SSSR count). The zero-order chi connectivity index (χ0) is 21.9. The smallest absolute Gasteiger partial charge is 0.274 e. The van der Waals surface area contributed by atoms with Crippen LogP contribution in [0.1, 0.15) is 47.3 Å². The summed E-state index contributed by atoms with van der Waals surface area (Å²) in [6.07, 6.45) is 5.62. The second-order valence-electron chi connectivity index (χ2n) is 9.16. The van der Waals surface area contributed by atoms with E-state index in [4.69, 9.17) is 4.74 Å². The number of nitrogens with one attached hydrogen (secondary N) is 1. The molecule has 1 saturated heterocycles. The van der Waals surface area contributed by atoms with Gasteiger partial charge in [-0.3, -0.25) is 9.59 Å². The normalized spacial score (nSPS) is 17.1. The number of hydrogen-bond donors (Lipinski definition) is 1. The van der Waals surface area contributed by atoms with E-state index in [1.54, 1.807) is 18.2 Å². The second kappa shape index (κ2) is 9.25. The van der Waals surface area contributed by atoms with E-state index in [-0.39, 0.29) is 11.5 Å². The Morgan fingerprint density at radius 2 is 1.62 bits per heavy atom. The molecular weight excluding hydrogens is 402 g/mol. The van der Waals surface area contributed by atoms with Gasteiger partial charge in [0.2, 0.25) is 0 Å². The Kier molecular flexibility index (Phi) is 6.04. The first-order chi connectivity index (χ1) is 15.7. The van der Waals surface area contributed by atoms with Crippen LogP contribution in [0.2, 0.25) is 0 Å². The summed E-state index contributed by atoms with van der Waals surface area (Å²) in [5, 5.41) is 7.66. The lowest BCUT2D eigenvalue weighted by Crippen LogP contribution is -2.39. The van der Waals surface area contributed by atoms with E-state index < -0.39 is 0 Å². The number of carbonyl (C=O) groups excluding carboxylic acids is 1. The number of piperidine rings is 1. The number of H-pyrrole nitrogens is 1. The Hall–Kier alpha value is -2.99. The van der Waals surface area contributed by atoms with Crippen molar-refractivity contribution in [2.75, 3.05) is 19.7 Å². The lowest BCUT2D eigenvalue weighted by Gasteiger charge is -2.32. The molecule has 0 atom stereocenters. The molecule has 2 heterocycles. The Labute approximate surface area is 187 Å². The van der Waals surface area contributed by atoms with Crippen LogP contribution in [0.5, 0.6) is 0 Å². The first kappa shape index (κ1) is 20.9. The topological polar surface area (TPSA) is 75.3 Å². The lowest BCUT2D eigenvalue weighted by molar-refractivity contribution is 0.0685. The molecule has 6 nitrogen and oxygen atoms in total. The molecule has 1 aromatic heterocycles. The number of aromatic nitrogens is 2. The highest BCUT2D eigenvalue weighted by atomic mass is 16.5. The fourth-order valence-corrected chi connectivity index (χ4v) is 4.50. The fourth-order valence-electron chi connectivity index (χ4n) is 4.50. The van der Waals surface area contributed by atoms with Gasteiger partial charge >= 0.3 is 0 Å². The van der Waals surface area contributed by atoms with Crippen LogP contribution in [-0.4, -0.2) is 40.7 Å². The number of aromatic amines is 1. The molecule has 6 heteroatoms. The van der Waals surface area contributed by atoms with Gasteiger partial charge in [0.15, 0.2) is 5.69 Å². The molecule has 2 fully saturated rings. The van der Waals surface area contributed by atoms with Crippen molar-refractivity contribution in [3.8, 4) is 0 Å². The summed E-state index contributed by atoms with van der Waals surface area (Å²) >= 11 is 0. The van der Waals surface area contributed by atoms with Gasteiger partial charge in [0.1, 0.15) is 0 Å². The van der Waals surface area contributed by atoms with Crippen molar-refractivity contribution in [1.29, 1.82) is 0 Å². The minimum Gasteiger partial charge on any atom is -0.376 e. The highest BCUT2D eigenvalue weighted by Gasteiger charge is 2.26. The van der Waals surface area contributed by atoms with Crippen LogP contribution in [-0.2, 0) is 17.8 Å². The van der Waals surface area contributed by atoms with Crippen molar-refractivity contribution in [3.63, 3.8) is 0 Å². The third-order valence-corrected chi connectivity index (χ3v) is 6.67. The molecule has 0 radical (unpaired) electrons. The molecule has 3 aromatic rings. The van der Waals surface area contributed by atoms with E-state index in [0.29, 0.717) is 42.1 Å². The summed E-state index contributed by atoms with van der Waals surface area (Å²) in [7, 11) is 0. The molecule has 2 aromatic carbocycles. The maximum atomic E-state index is 13.1. The van der Waals surface area contributed by atoms with Gasteiger partial charge in [0, 0.05) is 25.1 Å². The average Bonchev–Trinajstić information content (AvgIpc) is 3.65. The zero-order valence-corrected chi connectivity index (χ0v) is 18.3. The third kappa shape index (κ3) is 4.75. The number of amides is 1. The molecule has 1 aliphatic carbocycles. The molecule has 32 heavy (non-hydrogen) atoms. The monoisotopic (exact) mass is 431 g/mol. The van der Waals surface area contributed by atoms with Gasteiger partial charge in [-0.1, -0.05) is 42.5 Å². The number of carbonyl (C=O) groups is 1. The Morgan fingerprint density at radius 3 is 2.34 bits per heavy atom. The molecule has 1 amide bonds. The van der Waals surface area contributed by atoms with E-state index >= 15 is 0 Å². The van der Waals surface area contributed by atoms with E-state index in [9.17, 15) is 9.59 Å². The largest absolute Gasteiger partial charge is 0.376 e. The highest BCUT2D eigenvalue weighted by molar-refractivity contribution is 6.04. The van der Waals surface area contributed by atoms with Gasteiger partial charge in [-0.05, 0) is 61.1 Å². The number of nitrogens with zero attached hydrogens (tertiary/aromatic N) is 2. The van der Waals surface area contributed by atoms with Crippen molar-refractivity contribution in [1.82, 2.24) is 15.1 Å². The number of hydrogen-bond acceptors (Lipinski definition) is 4. The van der Waals surface area contributed by atoms with Crippen LogP contribution in [0.3, 0.4) is 0 Å². The Bertz CT molecular complexity index is 1140. The van der Waals surface area contributed by atoms with Crippen LogP contribution >= 0.6 is 0 Å². The lowest BCUT2D eigenvalue weighted by atomic mass is 9.89. The molecule has 1 aliphatic heterocycles. The summed E-state index contributed by atoms with van der Waals surface area (Å²) in [5.41, 5.74) is 2.64. The minimum absolute atomic E-state index is 0.105. The van der Waals surface area contributed by atoms with E-state index in [1.807, 2.05) is 11.0 Å². The second-order valence-corrected chi connectivity index (χ2v) is 9.16. The summed E-state index contributed by atoms with van der Waals surface area (Å²) in [6.45, 7) is 3.02. The predicted molar refractivity (Wildman–Crippen MR) is 124 cm³/mol. The van der Waals surface area contributed by atoms with Crippen LogP contribution in [0, 0.1) is 11.8 Å². The maximum Gasteiger partial charge on any atom is 0.274 e. The number of rotatable bonds is 7.